The second kappa shape index (κ2) is 7.02. The third kappa shape index (κ3) is 4.80. The average Bonchev–Trinajstić information content (AvgIpc) is 2.15. The minimum Gasteiger partial charge on any atom is -0.343 e. The van der Waals surface area contributed by atoms with Crippen LogP contribution in [-0.2, 0) is 15.8 Å². The topological polar surface area (TPSA) is 54.4 Å². The quantitative estimate of drug-likeness (QED) is 0.670. The van der Waals surface area contributed by atoms with Crippen LogP contribution in [0.5, 0.6) is 0 Å². The minimum atomic E-state index is -2.69. The molecule has 0 spiro atoms. The van der Waals surface area contributed by atoms with Crippen molar-refractivity contribution in [2.45, 2.75) is 12.8 Å². The Bertz CT molecular complexity index is 368. The molecule has 1 atom stereocenters. The van der Waals surface area contributed by atoms with Gasteiger partial charge in [-0.2, -0.15) is 0 Å². The van der Waals surface area contributed by atoms with E-state index in [1.165, 1.54) is 0 Å². The first-order valence-electron chi connectivity index (χ1n) is 4.11. The Hall–Kier alpha value is -0.340. The second-order valence-corrected chi connectivity index (χ2v) is 4.39. The highest BCUT2D eigenvalue weighted by Gasteiger charge is 2.07. The van der Waals surface area contributed by atoms with Gasteiger partial charge in [0.2, 0.25) is 13.3 Å². The lowest BCUT2D eigenvalue weighted by atomic mass is 10.1. The van der Waals surface area contributed by atoms with Crippen molar-refractivity contribution >= 4 is 42.6 Å². The lowest BCUT2D eigenvalue weighted by molar-refractivity contribution is -0.111. The molecule has 0 saturated heterocycles. The molecule has 0 fully saturated rings. The molecule has 1 unspecified atom stereocenters. The van der Waals surface area contributed by atoms with Gasteiger partial charge in [-0.1, -0.05) is 18.2 Å². The molecule has 0 aliphatic carbocycles. The predicted molar refractivity (Wildman–Crippen MR) is 63.7 cm³/mol. The maximum absolute atomic E-state index is 10.9. The van der Waals surface area contributed by atoms with E-state index in [1.54, 1.807) is 24.3 Å². The maximum atomic E-state index is 10.9. The van der Waals surface area contributed by atoms with E-state index in [0.29, 0.717) is 17.3 Å². The number of benzene rings is 1. The molecular weight excluding hydrogens is 258 g/mol. The summed E-state index contributed by atoms with van der Waals surface area (Å²) in [5.41, 5.74) is 0.716. The van der Waals surface area contributed by atoms with Gasteiger partial charge >= 0.3 is 0 Å². The van der Waals surface area contributed by atoms with Crippen molar-refractivity contribution in [2.24, 2.45) is 0 Å². The fourth-order valence-electron chi connectivity index (χ4n) is 1.18. The lowest BCUT2D eigenvalue weighted by Gasteiger charge is -2.04. The highest BCUT2D eigenvalue weighted by Crippen LogP contribution is 2.17. The molecule has 84 valence electrons. The molecule has 0 saturated carbocycles. The molecule has 0 aliphatic heterocycles. The molecule has 0 amide bonds. The van der Waals surface area contributed by atoms with Crippen molar-refractivity contribution < 1.29 is 14.3 Å². The summed E-state index contributed by atoms with van der Waals surface area (Å²) >= 11 is 5.19. The number of hydrogen-bond donors (Lipinski definition) is 1. The largest absolute Gasteiger partial charge is 0.343 e. The van der Waals surface area contributed by atoms with Crippen LogP contribution in [0.2, 0.25) is 0 Å². The van der Waals surface area contributed by atoms with Gasteiger partial charge in [0, 0.05) is 11.7 Å². The van der Waals surface area contributed by atoms with Crippen LogP contribution in [0.15, 0.2) is 24.3 Å². The third-order valence-electron chi connectivity index (χ3n) is 1.84. The lowest BCUT2D eigenvalue weighted by Crippen LogP contribution is -2.06. The van der Waals surface area contributed by atoms with E-state index in [4.69, 9.17) is 16.5 Å². The summed E-state index contributed by atoms with van der Waals surface area (Å²) in [5.74, 6) is 0. The second-order valence-electron chi connectivity index (χ2n) is 2.82. The van der Waals surface area contributed by atoms with E-state index in [2.05, 4.69) is 0 Å². The van der Waals surface area contributed by atoms with E-state index in [0.717, 1.165) is 0 Å². The molecule has 1 N–H and O–H groups in total. The van der Waals surface area contributed by atoms with E-state index < -0.39 is 13.3 Å². The molecule has 0 aromatic heterocycles. The molecule has 0 bridgehead atoms. The Kier molecular flexibility index (Phi) is 6.86. The summed E-state index contributed by atoms with van der Waals surface area (Å²) in [4.78, 5) is 19.5. The zero-order valence-electron chi connectivity index (χ0n) is 7.77. The van der Waals surface area contributed by atoms with Crippen molar-refractivity contribution in [2.75, 3.05) is 0 Å². The van der Waals surface area contributed by atoms with Gasteiger partial charge in [0.25, 0.3) is 0 Å². The minimum absolute atomic E-state index is 0. The van der Waals surface area contributed by atoms with Crippen molar-refractivity contribution in [3.05, 3.63) is 29.8 Å². The van der Waals surface area contributed by atoms with Crippen LogP contribution in [0, 0.1) is 0 Å². The molecule has 1 aromatic carbocycles. The summed E-state index contributed by atoms with van der Waals surface area (Å²) in [6.07, 6.45) is 0.600. The van der Waals surface area contributed by atoms with Crippen LogP contribution in [0.4, 0.5) is 0 Å². The summed E-state index contributed by atoms with van der Waals surface area (Å²) in [6.45, 7) is 0. The summed E-state index contributed by atoms with van der Waals surface area (Å²) in [6, 6.07) is 6.78. The average molecular weight is 269 g/mol. The Labute approximate surface area is 99.7 Å². The van der Waals surface area contributed by atoms with Crippen LogP contribution in [0.25, 0.3) is 0 Å². The maximum Gasteiger partial charge on any atom is 0.221 e. The highest BCUT2D eigenvalue weighted by molar-refractivity contribution is 7.47. The van der Waals surface area contributed by atoms with Crippen molar-refractivity contribution in [3.8, 4) is 0 Å². The standard InChI is InChI=1S/C9H10ClO3P.ClH/c10-9(11)6-5-7-3-1-2-4-8(7)14(12)13;/h1-4,14H,5-6H2,(H,12,13);1H. The van der Waals surface area contributed by atoms with Crippen molar-refractivity contribution in [1.29, 1.82) is 0 Å². The molecule has 6 heteroatoms. The fourth-order valence-corrected chi connectivity index (χ4v) is 2.00. The van der Waals surface area contributed by atoms with Gasteiger partial charge in [0.15, 0.2) is 0 Å². The Balaban J connectivity index is 0.00000196. The fraction of sp³-hybridized carbons (Fsp3) is 0.222. The molecular formula is C9H11Cl2O3P. The molecule has 3 nitrogen and oxygen atoms in total. The summed E-state index contributed by atoms with van der Waals surface area (Å²) in [5, 5.41) is -0.0205. The molecule has 1 aromatic rings. The highest BCUT2D eigenvalue weighted by atomic mass is 35.5. The Morgan fingerprint density at radius 3 is 2.53 bits per heavy atom. The first-order valence-corrected chi connectivity index (χ1v) is 5.84. The van der Waals surface area contributed by atoms with Gasteiger partial charge < -0.3 is 4.89 Å². The summed E-state index contributed by atoms with van der Waals surface area (Å²) in [7, 11) is -2.69. The van der Waals surface area contributed by atoms with Crippen LogP contribution in [0.3, 0.4) is 0 Å². The van der Waals surface area contributed by atoms with Crippen LogP contribution < -0.4 is 5.30 Å². The zero-order valence-corrected chi connectivity index (χ0v) is 10.3. The number of aryl methyl sites for hydroxylation is 1. The first kappa shape index (κ1) is 14.7. The van der Waals surface area contributed by atoms with E-state index in [9.17, 15) is 9.36 Å². The van der Waals surface area contributed by atoms with Gasteiger partial charge in [-0.05, 0) is 29.7 Å². The van der Waals surface area contributed by atoms with Gasteiger partial charge in [0.05, 0.1) is 0 Å². The van der Waals surface area contributed by atoms with Gasteiger partial charge in [-0.25, -0.2) is 0 Å². The van der Waals surface area contributed by atoms with Crippen molar-refractivity contribution in [3.63, 3.8) is 0 Å². The smallest absolute Gasteiger partial charge is 0.221 e. The van der Waals surface area contributed by atoms with E-state index >= 15 is 0 Å². The molecule has 15 heavy (non-hydrogen) atoms. The number of halogens is 2. The van der Waals surface area contributed by atoms with Crippen molar-refractivity contribution in [1.82, 2.24) is 0 Å². The van der Waals surface area contributed by atoms with Crippen LogP contribution in [-0.4, -0.2) is 10.1 Å². The third-order valence-corrected chi connectivity index (χ3v) is 2.98. The Morgan fingerprint density at radius 2 is 2.00 bits per heavy atom. The van der Waals surface area contributed by atoms with Crippen LogP contribution in [0.1, 0.15) is 12.0 Å². The van der Waals surface area contributed by atoms with Gasteiger partial charge in [-0.15, -0.1) is 12.4 Å². The summed E-state index contributed by atoms with van der Waals surface area (Å²) < 4.78 is 10.9. The van der Waals surface area contributed by atoms with Crippen LogP contribution >= 0.6 is 32.0 Å². The molecule has 1 rings (SSSR count). The predicted octanol–water partition coefficient (Wildman–Crippen LogP) is 1.90. The molecule has 0 aliphatic rings. The zero-order chi connectivity index (χ0) is 10.6. The monoisotopic (exact) mass is 268 g/mol. The van der Waals surface area contributed by atoms with Gasteiger partial charge in [0.1, 0.15) is 0 Å². The molecule has 0 radical (unpaired) electrons. The number of hydrogen-bond acceptors (Lipinski definition) is 2. The number of rotatable bonds is 4. The first-order chi connectivity index (χ1) is 6.61. The number of carbonyl (C=O) groups is 1. The van der Waals surface area contributed by atoms with Gasteiger partial charge in [-0.3, -0.25) is 9.36 Å². The van der Waals surface area contributed by atoms with E-state index in [-0.39, 0.29) is 18.8 Å². The Morgan fingerprint density at radius 1 is 1.40 bits per heavy atom. The normalized spacial score (nSPS) is 11.6. The number of carbonyl (C=O) groups excluding carboxylic acids is 1. The SMILES string of the molecule is Cl.O=C(Cl)CCc1ccccc1[PH](=O)O. The molecule has 0 heterocycles. The van der Waals surface area contributed by atoms with E-state index in [1.807, 2.05) is 0 Å².